The van der Waals surface area contributed by atoms with Gasteiger partial charge in [0.25, 0.3) is 0 Å². The highest BCUT2D eigenvalue weighted by Crippen LogP contribution is 2.30. The van der Waals surface area contributed by atoms with Crippen molar-refractivity contribution in [2.75, 3.05) is 6.54 Å². The molecule has 168 valence electrons. The van der Waals surface area contributed by atoms with Crippen LogP contribution in [0, 0.1) is 6.92 Å². The van der Waals surface area contributed by atoms with Gasteiger partial charge in [-0.2, -0.15) is 0 Å². The first kappa shape index (κ1) is 23.6. The van der Waals surface area contributed by atoms with Gasteiger partial charge in [0.2, 0.25) is 11.8 Å². The smallest absolute Gasteiger partial charge is 0.243 e. The summed E-state index contributed by atoms with van der Waals surface area (Å²) in [6.45, 7) is 4.04. The second-order valence-corrected chi connectivity index (χ2v) is 8.78. The van der Waals surface area contributed by atoms with Crippen LogP contribution in [0.4, 0.5) is 0 Å². The maximum atomic E-state index is 13.1. The van der Waals surface area contributed by atoms with Crippen molar-refractivity contribution in [3.05, 3.63) is 76.9 Å². The molecule has 1 heterocycles. The number of carbonyl (C=O) groups is 2. The number of benzene rings is 2. The van der Waals surface area contributed by atoms with Crippen molar-refractivity contribution in [1.82, 2.24) is 15.6 Å². The average Bonchev–Trinajstić information content (AvgIpc) is 3.19. The molecule has 3 aromatic rings. The van der Waals surface area contributed by atoms with Crippen molar-refractivity contribution >= 4 is 23.2 Å². The zero-order chi connectivity index (χ0) is 22.9. The fourth-order valence-corrected chi connectivity index (χ4v) is 4.59. The number of amides is 2. The van der Waals surface area contributed by atoms with Crippen LogP contribution in [-0.2, 0) is 22.4 Å². The highest BCUT2D eigenvalue weighted by molar-refractivity contribution is 7.15. The molecule has 0 radical (unpaired) electrons. The van der Waals surface area contributed by atoms with E-state index in [-0.39, 0.29) is 17.9 Å². The number of carbonyl (C=O) groups excluding carboxylic acids is 2. The summed E-state index contributed by atoms with van der Waals surface area (Å²) in [5.41, 5.74) is 9.04. The van der Waals surface area contributed by atoms with Crippen LogP contribution in [0.1, 0.15) is 29.6 Å². The van der Waals surface area contributed by atoms with Crippen LogP contribution in [-0.4, -0.2) is 35.4 Å². The van der Waals surface area contributed by atoms with E-state index in [0.717, 1.165) is 26.7 Å². The molecule has 2 atom stereocenters. The molecule has 0 aliphatic carbocycles. The third-order valence-corrected chi connectivity index (χ3v) is 6.41. The summed E-state index contributed by atoms with van der Waals surface area (Å²) >= 11 is 1.55. The third kappa shape index (κ3) is 6.48. The second-order valence-electron chi connectivity index (χ2n) is 7.70. The van der Waals surface area contributed by atoms with Gasteiger partial charge in [-0.3, -0.25) is 9.59 Å². The van der Waals surface area contributed by atoms with Gasteiger partial charge in [0, 0.05) is 25.4 Å². The molecule has 32 heavy (non-hydrogen) atoms. The Labute approximate surface area is 193 Å². The first-order valence-electron chi connectivity index (χ1n) is 10.9. The second kappa shape index (κ2) is 11.5. The molecule has 6 nitrogen and oxygen atoms in total. The van der Waals surface area contributed by atoms with Crippen molar-refractivity contribution < 1.29 is 9.59 Å². The summed E-state index contributed by atoms with van der Waals surface area (Å²) in [6.07, 6.45) is 1.27. The molecule has 1 aromatic heterocycles. The average molecular weight is 451 g/mol. The minimum absolute atomic E-state index is 0.172. The molecule has 7 heteroatoms. The highest BCUT2D eigenvalue weighted by atomic mass is 32.1. The number of nitrogens with zero attached hydrogens (tertiary/aromatic N) is 1. The third-order valence-electron chi connectivity index (χ3n) is 5.18. The lowest BCUT2D eigenvalue weighted by Gasteiger charge is -2.22. The predicted octanol–water partition coefficient (Wildman–Crippen LogP) is 3.24. The number of aryl methyl sites for hydroxylation is 1. The molecular weight excluding hydrogens is 420 g/mol. The topological polar surface area (TPSA) is 97.1 Å². The molecule has 0 aliphatic rings. The van der Waals surface area contributed by atoms with Crippen LogP contribution < -0.4 is 16.4 Å². The number of hydrogen-bond acceptors (Lipinski definition) is 5. The first-order chi connectivity index (χ1) is 15.5. The van der Waals surface area contributed by atoms with Crippen LogP contribution in [0.15, 0.2) is 60.7 Å². The minimum Gasteiger partial charge on any atom is -0.350 e. The number of aromatic nitrogens is 1. The van der Waals surface area contributed by atoms with E-state index >= 15 is 0 Å². The molecule has 2 amide bonds. The van der Waals surface area contributed by atoms with Crippen molar-refractivity contribution in [1.29, 1.82) is 0 Å². The Morgan fingerprint density at radius 2 is 1.66 bits per heavy atom. The summed E-state index contributed by atoms with van der Waals surface area (Å²) in [7, 11) is 0. The zero-order valence-corrected chi connectivity index (χ0v) is 19.3. The van der Waals surface area contributed by atoms with Crippen LogP contribution in [0.5, 0.6) is 0 Å². The van der Waals surface area contributed by atoms with Crippen LogP contribution in [0.2, 0.25) is 0 Å². The molecule has 0 saturated carbocycles. The van der Waals surface area contributed by atoms with E-state index in [4.69, 9.17) is 5.73 Å². The van der Waals surface area contributed by atoms with Gasteiger partial charge in [0.1, 0.15) is 6.04 Å². The van der Waals surface area contributed by atoms with Gasteiger partial charge >= 0.3 is 0 Å². The molecule has 0 bridgehead atoms. The van der Waals surface area contributed by atoms with E-state index in [1.54, 1.807) is 18.3 Å². The molecule has 3 rings (SSSR count). The molecule has 4 N–H and O–H groups in total. The van der Waals surface area contributed by atoms with E-state index in [0.29, 0.717) is 25.8 Å². The van der Waals surface area contributed by atoms with Crippen molar-refractivity contribution in [2.24, 2.45) is 5.73 Å². The summed E-state index contributed by atoms with van der Waals surface area (Å²) in [4.78, 5) is 31.0. The molecule has 2 aromatic carbocycles. The van der Waals surface area contributed by atoms with Crippen LogP contribution in [0.25, 0.3) is 10.4 Å². The summed E-state index contributed by atoms with van der Waals surface area (Å²) in [5, 5.41) is 6.68. The molecule has 0 aliphatic heterocycles. The van der Waals surface area contributed by atoms with Gasteiger partial charge in [-0.05, 0) is 24.5 Å². The molecule has 0 spiro atoms. The lowest BCUT2D eigenvalue weighted by molar-refractivity contribution is -0.129. The molecule has 0 saturated heterocycles. The van der Waals surface area contributed by atoms with E-state index in [9.17, 15) is 9.59 Å². The van der Waals surface area contributed by atoms with E-state index in [1.807, 2.05) is 67.6 Å². The Kier molecular flexibility index (Phi) is 8.53. The number of rotatable bonds is 10. The summed E-state index contributed by atoms with van der Waals surface area (Å²) < 4.78 is 0. The maximum Gasteiger partial charge on any atom is 0.243 e. The summed E-state index contributed by atoms with van der Waals surface area (Å²) in [6, 6.07) is 19.0. The normalized spacial score (nSPS) is 12.7. The standard InChI is InChI=1S/C25H30N4O2S/c1-3-22(30)29-21(25(31)28-20(16-26)14-18-10-6-4-7-11-18)15-23-27-17(2)24(32-23)19-12-8-5-9-13-19/h4-13,20-21H,3,14-16,26H2,1-2H3,(H,28,31)(H,29,30). The lowest BCUT2D eigenvalue weighted by atomic mass is 10.1. The van der Waals surface area contributed by atoms with E-state index in [2.05, 4.69) is 15.6 Å². The monoisotopic (exact) mass is 450 g/mol. The van der Waals surface area contributed by atoms with Crippen LogP contribution in [0.3, 0.4) is 0 Å². The lowest BCUT2D eigenvalue weighted by Crippen LogP contribution is -2.52. The maximum absolute atomic E-state index is 13.1. The Hall–Kier alpha value is -3.03. The van der Waals surface area contributed by atoms with Gasteiger partial charge in [-0.15, -0.1) is 11.3 Å². The van der Waals surface area contributed by atoms with Gasteiger partial charge < -0.3 is 16.4 Å². The number of nitrogens with two attached hydrogens (primary N) is 1. The zero-order valence-electron chi connectivity index (χ0n) is 18.5. The predicted molar refractivity (Wildman–Crippen MR) is 129 cm³/mol. The van der Waals surface area contributed by atoms with Crippen molar-refractivity contribution in [3.8, 4) is 10.4 Å². The minimum atomic E-state index is -0.707. The largest absolute Gasteiger partial charge is 0.350 e. The van der Waals surface area contributed by atoms with Gasteiger partial charge in [-0.1, -0.05) is 67.6 Å². The van der Waals surface area contributed by atoms with E-state index in [1.165, 1.54) is 0 Å². The quantitative estimate of drug-likeness (QED) is 0.442. The number of thiazole rings is 1. The van der Waals surface area contributed by atoms with Gasteiger partial charge in [0.15, 0.2) is 0 Å². The van der Waals surface area contributed by atoms with Crippen molar-refractivity contribution in [2.45, 2.75) is 45.2 Å². The van der Waals surface area contributed by atoms with Crippen molar-refractivity contribution in [3.63, 3.8) is 0 Å². The van der Waals surface area contributed by atoms with Gasteiger partial charge in [0.05, 0.1) is 15.6 Å². The highest BCUT2D eigenvalue weighted by Gasteiger charge is 2.25. The molecular formula is C25H30N4O2S. The fraction of sp³-hybridized carbons (Fsp3) is 0.320. The Balaban J connectivity index is 1.74. The SMILES string of the molecule is CCC(=O)NC(Cc1nc(C)c(-c2ccccc2)s1)C(=O)NC(CN)Cc1ccccc1. The fourth-order valence-electron chi connectivity index (χ4n) is 3.47. The Bertz CT molecular complexity index is 1020. The van der Waals surface area contributed by atoms with Gasteiger partial charge in [-0.25, -0.2) is 4.98 Å². The van der Waals surface area contributed by atoms with E-state index < -0.39 is 6.04 Å². The molecule has 0 fully saturated rings. The number of hydrogen-bond donors (Lipinski definition) is 3. The molecule has 2 unspecified atom stereocenters. The Morgan fingerprint density at radius 1 is 1.00 bits per heavy atom. The number of nitrogens with one attached hydrogen (secondary N) is 2. The summed E-state index contributed by atoms with van der Waals surface area (Å²) in [5.74, 6) is -0.415. The first-order valence-corrected chi connectivity index (χ1v) is 11.7. The van der Waals surface area contributed by atoms with Crippen LogP contribution >= 0.6 is 11.3 Å². The Morgan fingerprint density at radius 3 is 2.28 bits per heavy atom.